The molecule has 2 aromatic heterocycles. The summed E-state index contributed by atoms with van der Waals surface area (Å²) in [5.74, 6) is -0.409. The van der Waals surface area contributed by atoms with Gasteiger partial charge in [0.05, 0.1) is 42.9 Å². The summed E-state index contributed by atoms with van der Waals surface area (Å²) in [7, 11) is 0. The molecule has 1 aliphatic rings. The van der Waals surface area contributed by atoms with Crippen molar-refractivity contribution in [1.82, 2.24) is 24.9 Å². The minimum absolute atomic E-state index is 0.260. The first-order chi connectivity index (χ1) is 21.3. The Hall–Kier alpha value is -4.29. The van der Waals surface area contributed by atoms with Crippen molar-refractivity contribution in [3.63, 3.8) is 0 Å². The maximum Gasteiger partial charge on any atom is 0.390 e. The molecule has 0 saturated heterocycles. The van der Waals surface area contributed by atoms with E-state index in [9.17, 15) is 31.1 Å². The van der Waals surface area contributed by atoms with Crippen molar-refractivity contribution in [2.45, 2.75) is 57.0 Å². The van der Waals surface area contributed by atoms with Gasteiger partial charge in [-0.1, -0.05) is 29.5 Å². The Kier molecular flexibility index (Phi) is 9.54. The maximum atomic E-state index is 13.1. The summed E-state index contributed by atoms with van der Waals surface area (Å²) >= 11 is 1.18. The average Bonchev–Trinajstić information content (AvgIpc) is 3.62. The van der Waals surface area contributed by atoms with Crippen LogP contribution in [-0.2, 0) is 19.4 Å². The van der Waals surface area contributed by atoms with E-state index in [0.29, 0.717) is 47.0 Å². The lowest BCUT2D eigenvalue weighted by atomic mass is 9.96. The van der Waals surface area contributed by atoms with Gasteiger partial charge in [0, 0.05) is 35.1 Å². The summed E-state index contributed by atoms with van der Waals surface area (Å²) in [6.07, 6.45) is -8.54. The van der Waals surface area contributed by atoms with Gasteiger partial charge in [0.25, 0.3) is 5.91 Å². The number of aryl methyl sites for hydroxylation is 1. The van der Waals surface area contributed by atoms with Crippen LogP contribution in [0.2, 0.25) is 0 Å². The fourth-order valence-electron chi connectivity index (χ4n) is 5.13. The minimum atomic E-state index is -4.47. The molecule has 0 fully saturated rings. The van der Waals surface area contributed by atoms with Crippen LogP contribution >= 0.6 is 11.3 Å². The van der Waals surface area contributed by atoms with Gasteiger partial charge in [-0.15, -0.1) is 16.4 Å². The number of carbonyl (C=O) groups is 1. The predicted molar refractivity (Wildman–Crippen MR) is 155 cm³/mol. The van der Waals surface area contributed by atoms with Crippen molar-refractivity contribution < 1.29 is 31.1 Å². The van der Waals surface area contributed by atoms with Crippen LogP contribution in [0.3, 0.4) is 0 Å². The number of hydrogen-bond donors (Lipinski definition) is 1. The van der Waals surface area contributed by atoms with Crippen LogP contribution < -0.4 is 5.32 Å². The summed E-state index contributed by atoms with van der Waals surface area (Å²) in [6, 6.07) is 15.5. The Morgan fingerprint density at radius 2 is 1.78 bits per heavy atom. The van der Waals surface area contributed by atoms with E-state index in [4.69, 9.17) is 5.26 Å². The molecule has 0 bridgehead atoms. The second-order valence-corrected chi connectivity index (χ2v) is 11.8. The highest BCUT2D eigenvalue weighted by atomic mass is 32.1. The maximum absolute atomic E-state index is 13.1. The summed E-state index contributed by atoms with van der Waals surface area (Å²) in [5, 5.41) is 20.4. The average molecular weight is 648 g/mol. The monoisotopic (exact) mass is 647 g/mol. The number of alkyl halides is 6. The number of hydrogen-bond acceptors (Lipinski definition) is 7. The Labute approximate surface area is 258 Å². The highest BCUT2D eigenvalue weighted by Gasteiger charge is 2.35. The molecule has 1 amide bonds. The third kappa shape index (κ3) is 8.89. The Balaban J connectivity index is 1.21. The van der Waals surface area contributed by atoms with Crippen LogP contribution in [0.25, 0.3) is 11.3 Å². The number of fused-ring (bicyclic) bond motifs is 1. The zero-order chi connectivity index (χ0) is 32.2. The van der Waals surface area contributed by atoms with Gasteiger partial charge < -0.3 is 0 Å². The lowest BCUT2D eigenvalue weighted by Crippen LogP contribution is -2.42. The van der Waals surface area contributed by atoms with Crippen molar-refractivity contribution in [2.75, 3.05) is 18.4 Å². The second-order valence-electron chi connectivity index (χ2n) is 10.7. The molecule has 2 aromatic carbocycles. The Morgan fingerprint density at radius 3 is 2.44 bits per heavy atom. The zero-order valence-electron chi connectivity index (χ0n) is 23.7. The highest BCUT2D eigenvalue weighted by molar-refractivity contribution is 7.15. The fraction of sp³-hybridized carbons (Fsp3) is 0.367. The van der Waals surface area contributed by atoms with Crippen molar-refractivity contribution in [3.05, 3.63) is 82.0 Å². The number of amides is 1. The van der Waals surface area contributed by atoms with Crippen LogP contribution in [0, 0.1) is 11.3 Å². The van der Waals surface area contributed by atoms with Crippen LogP contribution in [0.1, 0.15) is 51.3 Å². The third-order valence-corrected chi connectivity index (χ3v) is 8.43. The molecule has 0 saturated carbocycles. The van der Waals surface area contributed by atoms with Crippen molar-refractivity contribution >= 4 is 22.4 Å². The van der Waals surface area contributed by atoms with Gasteiger partial charge in [-0.05, 0) is 49.1 Å². The number of anilines is 1. The molecule has 0 radical (unpaired) electrons. The number of carbonyl (C=O) groups excluding carboxylic acids is 1. The molecular weight excluding hydrogens is 620 g/mol. The van der Waals surface area contributed by atoms with Crippen LogP contribution in [0.5, 0.6) is 0 Å². The molecule has 0 spiro atoms. The third-order valence-electron chi connectivity index (χ3n) is 7.40. The van der Waals surface area contributed by atoms with E-state index in [0.717, 1.165) is 16.0 Å². The van der Waals surface area contributed by atoms with E-state index >= 15 is 0 Å². The number of nitrogens with zero attached hydrogens (tertiary/aromatic N) is 6. The minimum Gasteiger partial charge on any atom is -0.299 e. The number of halogens is 6. The van der Waals surface area contributed by atoms with Crippen molar-refractivity contribution in [1.29, 1.82) is 5.26 Å². The van der Waals surface area contributed by atoms with Crippen molar-refractivity contribution in [2.24, 2.45) is 0 Å². The number of rotatable bonds is 10. The number of benzene rings is 2. The van der Waals surface area contributed by atoms with Gasteiger partial charge in [0.1, 0.15) is 5.69 Å². The summed E-state index contributed by atoms with van der Waals surface area (Å²) in [5.41, 5.74) is 3.83. The first-order valence-electron chi connectivity index (χ1n) is 14.0. The first kappa shape index (κ1) is 32.1. The molecule has 1 N–H and O–H groups in total. The molecule has 8 nitrogen and oxygen atoms in total. The summed E-state index contributed by atoms with van der Waals surface area (Å²) in [4.78, 5) is 19.6. The summed E-state index contributed by atoms with van der Waals surface area (Å²) < 4.78 is 78.8. The predicted octanol–water partition coefficient (Wildman–Crippen LogP) is 6.64. The Morgan fingerprint density at radius 1 is 1.07 bits per heavy atom. The highest BCUT2D eigenvalue weighted by Crippen LogP contribution is 2.33. The molecule has 4 aromatic rings. The lowest BCUT2D eigenvalue weighted by Gasteiger charge is -2.34. The van der Waals surface area contributed by atoms with Gasteiger partial charge in [0.2, 0.25) is 0 Å². The second kappa shape index (κ2) is 13.4. The molecule has 0 aliphatic heterocycles. The lowest BCUT2D eigenvalue weighted by molar-refractivity contribution is -0.148. The van der Waals surface area contributed by atoms with Crippen molar-refractivity contribution in [3.8, 4) is 17.3 Å². The Bertz CT molecular complexity index is 1660. The molecule has 1 atom stereocenters. The normalized spacial score (nSPS) is 15.1. The fourth-order valence-corrected chi connectivity index (χ4v) is 6.21. The molecule has 1 aliphatic carbocycles. The molecule has 236 valence electrons. The van der Waals surface area contributed by atoms with E-state index < -0.39 is 50.2 Å². The quantitative estimate of drug-likeness (QED) is 0.194. The van der Waals surface area contributed by atoms with E-state index in [1.165, 1.54) is 16.2 Å². The van der Waals surface area contributed by atoms with Gasteiger partial charge in [-0.2, -0.15) is 31.6 Å². The largest absolute Gasteiger partial charge is 0.390 e. The summed E-state index contributed by atoms with van der Waals surface area (Å²) in [6.45, 7) is -0.677. The van der Waals surface area contributed by atoms with Gasteiger partial charge in [-0.3, -0.25) is 15.0 Å². The number of aromatic nitrogens is 4. The molecular formula is C30H27F6N7OS. The molecule has 0 unspecified atom stereocenters. The van der Waals surface area contributed by atoms with Crippen LogP contribution in [0.4, 0.5) is 31.5 Å². The number of nitriles is 1. The topological polar surface area (TPSA) is 99.7 Å². The van der Waals surface area contributed by atoms with Gasteiger partial charge in [0.15, 0.2) is 5.13 Å². The number of nitrogens with one attached hydrogen (secondary N) is 1. The molecule has 15 heteroatoms. The zero-order valence-corrected chi connectivity index (χ0v) is 24.5. The molecule has 45 heavy (non-hydrogen) atoms. The van der Waals surface area contributed by atoms with Crippen LogP contribution in [0.15, 0.2) is 54.7 Å². The number of thiazole rings is 1. The molecule has 2 heterocycles. The van der Waals surface area contributed by atoms with Gasteiger partial charge in [-0.25, -0.2) is 9.67 Å². The van der Waals surface area contributed by atoms with E-state index in [2.05, 4.69) is 26.7 Å². The first-order valence-corrected chi connectivity index (χ1v) is 14.8. The van der Waals surface area contributed by atoms with E-state index in [1.807, 2.05) is 6.07 Å². The molecule has 5 rings (SSSR count). The van der Waals surface area contributed by atoms with E-state index in [-0.39, 0.29) is 6.42 Å². The van der Waals surface area contributed by atoms with Gasteiger partial charge >= 0.3 is 12.4 Å². The smallest absolute Gasteiger partial charge is 0.299 e. The SMILES string of the molecule is N#Cc1ccc(-c2cn(Cc3cccc(C(=O)Nc4nc5c(s4)C[C@@H](N(CCC(F)(F)F)CCC(F)(F)F)CC5)c3)nn2)cc1. The van der Waals surface area contributed by atoms with E-state index in [1.54, 1.807) is 53.3 Å². The standard InChI is InChI=1S/C30H27F6N7OS/c31-29(32,33)10-12-42(13-11-30(34,35)36)23-8-9-24-26(15-23)45-28(38-24)39-27(44)22-3-1-2-20(14-22)17-43-18-25(40-41-43)21-6-4-19(16-37)5-7-21/h1-7,14,18,23H,8-13,15,17H2,(H,38,39,44)/t23-/m0/s1. The van der Waals surface area contributed by atoms with Crippen LogP contribution in [-0.4, -0.2) is 62.3 Å².